The van der Waals surface area contributed by atoms with Crippen molar-refractivity contribution in [2.75, 3.05) is 26.8 Å². The van der Waals surface area contributed by atoms with Gasteiger partial charge in [-0.05, 0) is 32.1 Å². The summed E-state index contributed by atoms with van der Waals surface area (Å²) >= 11 is 0. The lowest BCUT2D eigenvalue weighted by molar-refractivity contribution is -0.140. The maximum absolute atomic E-state index is 12.4. The van der Waals surface area contributed by atoms with E-state index in [1.54, 1.807) is 7.11 Å². The Morgan fingerprint density at radius 1 is 1.42 bits per heavy atom. The van der Waals surface area contributed by atoms with Crippen molar-refractivity contribution in [3.05, 3.63) is 0 Å². The number of carbonyl (C=O) groups excluding carboxylic acids is 1. The van der Waals surface area contributed by atoms with Gasteiger partial charge in [-0.15, -0.1) is 0 Å². The van der Waals surface area contributed by atoms with Crippen molar-refractivity contribution in [3.63, 3.8) is 0 Å². The van der Waals surface area contributed by atoms with Gasteiger partial charge in [-0.1, -0.05) is 0 Å². The highest BCUT2D eigenvalue weighted by Gasteiger charge is 2.32. The Morgan fingerprint density at radius 2 is 2.26 bits per heavy atom. The Bertz CT molecular complexity index is 292. The SMILES string of the molecule is COC1CCN(C(=O)CC2CCCCO2)C(CN)C1. The van der Waals surface area contributed by atoms with E-state index >= 15 is 0 Å². The van der Waals surface area contributed by atoms with Crippen LogP contribution in [0.3, 0.4) is 0 Å². The third kappa shape index (κ3) is 3.91. The minimum Gasteiger partial charge on any atom is -0.381 e. The standard InChI is InChI=1S/C14H26N2O3/c1-18-12-5-6-16(11(8-12)10-15)14(17)9-13-4-2-3-7-19-13/h11-13H,2-10,15H2,1H3. The van der Waals surface area contributed by atoms with Gasteiger partial charge in [0.25, 0.3) is 0 Å². The number of piperidine rings is 1. The summed E-state index contributed by atoms with van der Waals surface area (Å²) in [6.45, 7) is 2.06. The largest absolute Gasteiger partial charge is 0.381 e. The molecule has 110 valence electrons. The number of amides is 1. The Kier molecular flexibility index (Phi) is 5.60. The Balaban J connectivity index is 1.86. The lowest BCUT2D eigenvalue weighted by atomic mass is 9.97. The molecule has 3 atom stereocenters. The van der Waals surface area contributed by atoms with Crippen LogP contribution in [0, 0.1) is 0 Å². The zero-order valence-electron chi connectivity index (χ0n) is 11.8. The predicted octanol–water partition coefficient (Wildman–Crippen LogP) is 0.910. The molecule has 2 aliphatic heterocycles. The van der Waals surface area contributed by atoms with Crippen LogP contribution in [0.1, 0.15) is 38.5 Å². The number of carbonyl (C=O) groups is 1. The van der Waals surface area contributed by atoms with E-state index < -0.39 is 0 Å². The number of rotatable bonds is 4. The van der Waals surface area contributed by atoms with E-state index in [0.29, 0.717) is 13.0 Å². The number of nitrogens with zero attached hydrogens (tertiary/aromatic N) is 1. The van der Waals surface area contributed by atoms with E-state index in [1.165, 1.54) is 6.42 Å². The molecule has 2 N–H and O–H groups in total. The molecule has 19 heavy (non-hydrogen) atoms. The number of methoxy groups -OCH3 is 1. The van der Waals surface area contributed by atoms with Gasteiger partial charge < -0.3 is 20.1 Å². The van der Waals surface area contributed by atoms with Gasteiger partial charge in [0.2, 0.25) is 5.91 Å². The highest BCUT2D eigenvalue weighted by Crippen LogP contribution is 2.22. The molecule has 0 spiro atoms. The fourth-order valence-corrected chi connectivity index (χ4v) is 3.06. The van der Waals surface area contributed by atoms with Crippen LogP contribution in [0.4, 0.5) is 0 Å². The molecule has 2 heterocycles. The molecule has 2 saturated heterocycles. The second-order valence-corrected chi connectivity index (χ2v) is 5.55. The molecule has 5 nitrogen and oxygen atoms in total. The van der Waals surface area contributed by atoms with Gasteiger partial charge in [-0.25, -0.2) is 0 Å². The molecular weight excluding hydrogens is 244 g/mol. The maximum Gasteiger partial charge on any atom is 0.225 e. The van der Waals surface area contributed by atoms with Crippen molar-refractivity contribution >= 4 is 5.91 Å². The highest BCUT2D eigenvalue weighted by molar-refractivity contribution is 5.77. The normalized spacial score (nSPS) is 32.3. The molecule has 5 heteroatoms. The van der Waals surface area contributed by atoms with Gasteiger partial charge in [-0.3, -0.25) is 4.79 Å². The minimum atomic E-state index is 0.111. The van der Waals surface area contributed by atoms with E-state index in [4.69, 9.17) is 15.2 Å². The number of ether oxygens (including phenoxy) is 2. The topological polar surface area (TPSA) is 64.8 Å². The smallest absolute Gasteiger partial charge is 0.225 e. The van der Waals surface area contributed by atoms with Crippen LogP contribution in [0.5, 0.6) is 0 Å². The summed E-state index contributed by atoms with van der Waals surface area (Å²) in [5.41, 5.74) is 5.80. The average Bonchev–Trinajstić information content (AvgIpc) is 2.47. The van der Waals surface area contributed by atoms with Crippen molar-refractivity contribution in [1.29, 1.82) is 0 Å². The molecule has 2 aliphatic rings. The van der Waals surface area contributed by atoms with E-state index in [9.17, 15) is 4.79 Å². The molecule has 0 aromatic heterocycles. The van der Waals surface area contributed by atoms with E-state index in [-0.39, 0.29) is 24.2 Å². The fourth-order valence-electron chi connectivity index (χ4n) is 3.06. The first kappa shape index (κ1) is 14.8. The Labute approximate surface area is 115 Å². The van der Waals surface area contributed by atoms with Crippen LogP contribution >= 0.6 is 0 Å². The second kappa shape index (κ2) is 7.22. The average molecular weight is 270 g/mol. The van der Waals surface area contributed by atoms with Crippen LogP contribution in [0.2, 0.25) is 0 Å². The van der Waals surface area contributed by atoms with Gasteiger partial charge in [-0.2, -0.15) is 0 Å². The van der Waals surface area contributed by atoms with Gasteiger partial charge in [0.05, 0.1) is 18.6 Å². The van der Waals surface area contributed by atoms with Gasteiger partial charge >= 0.3 is 0 Å². The van der Waals surface area contributed by atoms with Crippen molar-refractivity contribution in [2.45, 2.75) is 56.8 Å². The van der Waals surface area contributed by atoms with Gasteiger partial charge in [0.1, 0.15) is 0 Å². The van der Waals surface area contributed by atoms with Crippen molar-refractivity contribution in [2.24, 2.45) is 5.73 Å². The zero-order chi connectivity index (χ0) is 13.7. The molecule has 0 bridgehead atoms. The highest BCUT2D eigenvalue weighted by atomic mass is 16.5. The molecule has 2 rings (SSSR count). The summed E-state index contributed by atoms with van der Waals surface area (Å²) in [6.07, 6.45) is 5.92. The van der Waals surface area contributed by atoms with E-state index in [2.05, 4.69) is 0 Å². The lowest BCUT2D eigenvalue weighted by Gasteiger charge is -2.39. The molecular formula is C14H26N2O3. The van der Waals surface area contributed by atoms with Crippen molar-refractivity contribution in [3.8, 4) is 0 Å². The molecule has 0 saturated carbocycles. The van der Waals surface area contributed by atoms with Crippen molar-refractivity contribution < 1.29 is 14.3 Å². The third-order valence-electron chi connectivity index (χ3n) is 4.27. The summed E-state index contributed by atoms with van der Waals surface area (Å²) in [6, 6.07) is 0.120. The van der Waals surface area contributed by atoms with E-state index in [0.717, 1.165) is 38.8 Å². The van der Waals surface area contributed by atoms with Crippen LogP contribution in [0.15, 0.2) is 0 Å². The fraction of sp³-hybridized carbons (Fsp3) is 0.929. The Morgan fingerprint density at radius 3 is 2.89 bits per heavy atom. The van der Waals surface area contributed by atoms with Crippen molar-refractivity contribution in [1.82, 2.24) is 4.90 Å². The van der Waals surface area contributed by atoms with Crippen LogP contribution in [-0.2, 0) is 14.3 Å². The molecule has 0 aromatic carbocycles. The Hall–Kier alpha value is -0.650. The molecule has 1 amide bonds. The van der Waals surface area contributed by atoms with Crippen LogP contribution < -0.4 is 5.73 Å². The first-order valence-electron chi connectivity index (χ1n) is 7.38. The number of nitrogens with two attached hydrogens (primary N) is 1. The number of hydrogen-bond donors (Lipinski definition) is 1. The molecule has 0 aliphatic carbocycles. The summed E-state index contributed by atoms with van der Waals surface area (Å²) in [5.74, 6) is 0.192. The summed E-state index contributed by atoms with van der Waals surface area (Å²) in [7, 11) is 1.73. The predicted molar refractivity (Wildman–Crippen MR) is 72.8 cm³/mol. The first-order chi connectivity index (χ1) is 9.24. The quantitative estimate of drug-likeness (QED) is 0.824. The number of hydrogen-bond acceptors (Lipinski definition) is 4. The summed E-state index contributed by atoms with van der Waals surface area (Å²) in [4.78, 5) is 14.3. The third-order valence-corrected chi connectivity index (χ3v) is 4.27. The van der Waals surface area contributed by atoms with Crippen LogP contribution in [0.25, 0.3) is 0 Å². The first-order valence-corrected chi connectivity index (χ1v) is 7.38. The zero-order valence-corrected chi connectivity index (χ0v) is 11.8. The molecule has 2 fully saturated rings. The molecule has 0 aromatic rings. The maximum atomic E-state index is 12.4. The van der Waals surface area contributed by atoms with Crippen LogP contribution in [-0.4, -0.2) is 55.9 Å². The van der Waals surface area contributed by atoms with E-state index in [1.807, 2.05) is 4.90 Å². The van der Waals surface area contributed by atoms with Gasteiger partial charge in [0.15, 0.2) is 0 Å². The summed E-state index contributed by atoms with van der Waals surface area (Å²) in [5, 5.41) is 0. The second-order valence-electron chi connectivity index (χ2n) is 5.55. The number of likely N-dealkylation sites (tertiary alicyclic amines) is 1. The summed E-state index contributed by atoms with van der Waals surface area (Å²) < 4.78 is 11.0. The minimum absolute atomic E-state index is 0.111. The monoisotopic (exact) mass is 270 g/mol. The van der Waals surface area contributed by atoms with Gasteiger partial charge in [0, 0.05) is 32.8 Å². The molecule has 0 radical (unpaired) electrons. The lowest BCUT2D eigenvalue weighted by Crippen LogP contribution is -2.51. The molecule has 3 unspecified atom stereocenters.